The van der Waals surface area contributed by atoms with Gasteiger partial charge < -0.3 is 10.3 Å². The van der Waals surface area contributed by atoms with Crippen molar-refractivity contribution in [2.75, 3.05) is 5.73 Å². The second-order valence-electron chi connectivity index (χ2n) is 5.12. The lowest BCUT2D eigenvalue weighted by atomic mass is 9.87. The van der Waals surface area contributed by atoms with Crippen molar-refractivity contribution >= 4 is 17.0 Å². The van der Waals surface area contributed by atoms with Crippen LogP contribution in [0.1, 0.15) is 38.6 Å². The van der Waals surface area contributed by atoms with Gasteiger partial charge in [-0.15, -0.1) is 0 Å². The largest absolute Gasteiger partial charge is 0.369 e. The van der Waals surface area contributed by atoms with Crippen LogP contribution in [0.3, 0.4) is 0 Å². The summed E-state index contributed by atoms with van der Waals surface area (Å²) in [5.41, 5.74) is 8.07. The lowest BCUT2D eigenvalue weighted by molar-refractivity contribution is 0.296. The van der Waals surface area contributed by atoms with E-state index in [0.29, 0.717) is 12.0 Å². The number of hydrogen-bond acceptors (Lipinski definition) is 3. The molecule has 4 heteroatoms. The maximum absolute atomic E-state index is 6.04. The van der Waals surface area contributed by atoms with Crippen molar-refractivity contribution in [1.82, 2.24) is 14.5 Å². The van der Waals surface area contributed by atoms with Gasteiger partial charge in [0.05, 0.1) is 11.7 Å². The van der Waals surface area contributed by atoms with E-state index < -0.39 is 0 Å². The maximum Gasteiger partial charge on any atom is 0.201 e. The summed E-state index contributed by atoms with van der Waals surface area (Å²) in [6, 6.07) is 2.52. The first-order valence-corrected chi connectivity index (χ1v) is 6.33. The highest BCUT2D eigenvalue weighted by molar-refractivity contribution is 5.77. The number of fused-ring (bicyclic) bond motifs is 1. The predicted molar refractivity (Wildman–Crippen MR) is 68.6 cm³/mol. The minimum Gasteiger partial charge on any atom is -0.369 e. The zero-order chi connectivity index (χ0) is 11.8. The lowest BCUT2D eigenvalue weighted by Gasteiger charge is -2.28. The van der Waals surface area contributed by atoms with Crippen molar-refractivity contribution in [2.24, 2.45) is 5.92 Å². The molecule has 90 valence electrons. The number of rotatable bonds is 1. The Morgan fingerprint density at radius 1 is 1.29 bits per heavy atom. The molecule has 0 aromatic carbocycles. The Morgan fingerprint density at radius 2 is 2.06 bits per heavy atom. The van der Waals surface area contributed by atoms with Gasteiger partial charge in [-0.3, -0.25) is 4.98 Å². The summed E-state index contributed by atoms with van der Waals surface area (Å²) in [5, 5.41) is 0. The molecule has 2 N–H and O–H groups in total. The molecule has 0 aliphatic heterocycles. The molecular weight excluding hydrogens is 212 g/mol. The third kappa shape index (κ3) is 1.77. The van der Waals surface area contributed by atoms with Gasteiger partial charge >= 0.3 is 0 Å². The van der Waals surface area contributed by atoms with Crippen molar-refractivity contribution < 1.29 is 0 Å². The van der Waals surface area contributed by atoms with Gasteiger partial charge in [0.15, 0.2) is 0 Å². The number of anilines is 1. The Labute approximate surface area is 101 Å². The molecule has 2 heterocycles. The van der Waals surface area contributed by atoms with E-state index in [-0.39, 0.29) is 0 Å². The molecule has 2 aromatic rings. The SMILES string of the molecule is CC1CCC(n2c(N)nc3cnccc32)CC1. The first-order valence-electron chi connectivity index (χ1n) is 6.33. The monoisotopic (exact) mass is 230 g/mol. The first-order chi connectivity index (χ1) is 8.25. The molecule has 3 rings (SSSR count). The summed E-state index contributed by atoms with van der Waals surface area (Å²) in [5.74, 6) is 1.48. The van der Waals surface area contributed by atoms with Crippen LogP contribution in [0.2, 0.25) is 0 Å². The standard InChI is InChI=1S/C13H18N4/c1-9-2-4-10(5-3-9)17-12-6-7-15-8-11(12)16-13(17)14/h6-10H,2-5H2,1H3,(H2,14,16). The van der Waals surface area contributed by atoms with E-state index in [4.69, 9.17) is 5.73 Å². The number of pyridine rings is 1. The maximum atomic E-state index is 6.04. The van der Waals surface area contributed by atoms with Crippen LogP contribution in [0.25, 0.3) is 11.0 Å². The second-order valence-corrected chi connectivity index (χ2v) is 5.12. The highest BCUT2D eigenvalue weighted by Gasteiger charge is 2.22. The molecule has 17 heavy (non-hydrogen) atoms. The van der Waals surface area contributed by atoms with Crippen LogP contribution < -0.4 is 5.73 Å². The molecule has 0 unspecified atom stereocenters. The minimum absolute atomic E-state index is 0.513. The Balaban J connectivity index is 2.02. The molecule has 0 spiro atoms. The summed E-state index contributed by atoms with van der Waals surface area (Å²) in [7, 11) is 0. The van der Waals surface area contributed by atoms with E-state index in [0.717, 1.165) is 17.0 Å². The molecule has 1 fully saturated rings. The fourth-order valence-corrected chi connectivity index (χ4v) is 2.85. The zero-order valence-corrected chi connectivity index (χ0v) is 10.1. The number of nitrogens with zero attached hydrogens (tertiary/aromatic N) is 3. The highest BCUT2D eigenvalue weighted by atomic mass is 15.2. The van der Waals surface area contributed by atoms with Gasteiger partial charge in [0.1, 0.15) is 5.52 Å². The predicted octanol–water partition coefficient (Wildman–Crippen LogP) is 2.76. The lowest BCUT2D eigenvalue weighted by Crippen LogP contribution is -2.18. The average molecular weight is 230 g/mol. The molecule has 0 bridgehead atoms. The van der Waals surface area contributed by atoms with Crippen LogP contribution in [-0.2, 0) is 0 Å². The van der Waals surface area contributed by atoms with E-state index in [1.807, 2.05) is 12.3 Å². The fraction of sp³-hybridized carbons (Fsp3) is 0.538. The molecular formula is C13H18N4. The Morgan fingerprint density at radius 3 is 2.82 bits per heavy atom. The summed E-state index contributed by atoms with van der Waals surface area (Å²) in [4.78, 5) is 8.48. The second kappa shape index (κ2) is 4.02. The van der Waals surface area contributed by atoms with Gasteiger partial charge in [0, 0.05) is 12.2 Å². The van der Waals surface area contributed by atoms with Gasteiger partial charge in [0.2, 0.25) is 5.95 Å². The normalized spacial score (nSPS) is 25.2. The topological polar surface area (TPSA) is 56.7 Å². The van der Waals surface area contributed by atoms with Crippen molar-refractivity contribution in [3.8, 4) is 0 Å². The molecule has 2 aromatic heterocycles. The summed E-state index contributed by atoms with van der Waals surface area (Å²) in [6.45, 7) is 2.33. The van der Waals surface area contributed by atoms with Gasteiger partial charge in [-0.25, -0.2) is 4.98 Å². The molecule has 1 aliphatic carbocycles. The van der Waals surface area contributed by atoms with Crippen LogP contribution in [0.4, 0.5) is 5.95 Å². The molecule has 0 atom stereocenters. The quantitative estimate of drug-likeness (QED) is 0.819. The Kier molecular flexibility index (Phi) is 2.50. The fourth-order valence-electron chi connectivity index (χ4n) is 2.85. The molecule has 4 nitrogen and oxygen atoms in total. The van der Waals surface area contributed by atoms with Gasteiger partial charge in [-0.1, -0.05) is 6.92 Å². The van der Waals surface area contributed by atoms with Crippen molar-refractivity contribution in [2.45, 2.75) is 38.6 Å². The Bertz CT molecular complexity index is 523. The van der Waals surface area contributed by atoms with Crippen LogP contribution >= 0.6 is 0 Å². The zero-order valence-electron chi connectivity index (χ0n) is 10.1. The van der Waals surface area contributed by atoms with E-state index in [1.165, 1.54) is 25.7 Å². The van der Waals surface area contributed by atoms with Gasteiger partial charge in [-0.2, -0.15) is 0 Å². The van der Waals surface area contributed by atoms with Crippen LogP contribution in [0.15, 0.2) is 18.5 Å². The number of nitrogen functional groups attached to an aromatic ring is 1. The average Bonchev–Trinajstić information content (AvgIpc) is 2.66. The van der Waals surface area contributed by atoms with Crippen LogP contribution in [-0.4, -0.2) is 14.5 Å². The Hall–Kier alpha value is -1.58. The molecule has 1 aliphatic rings. The van der Waals surface area contributed by atoms with E-state index in [1.54, 1.807) is 6.20 Å². The molecule has 0 radical (unpaired) electrons. The van der Waals surface area contributed by atoms with E-state index >= 15 is 0 Å². The number of imidazole rings is 1. The number of hydrogen-bond donors (Lipinski definition) is 1. The van der Waals surface area contributed by atoms with Crippen LogP contribution in [0, 0.1) is 5.92 Å². The molecule has 0 amide bonds. The smallest absolute Gasteiger partial charge is 0.201 e. The van der Waals surface area contributed by atoms with Crippen molar-refractivity contribution in [3.63, 3.8) is 0 Å². The van der Waals surface area contributed by atoms with Crippen molar-refractivity contribution in [1.29, 1.82) is 0 Å². The third-order valence-corrected chi connectivity index (χ3v) is 3.87. The summed E-state index contributed by atoms with van der Waals surface area (Å²) >= 11 is 0. The van der Waals surface area contributed by atoms with Gasteiger partial charge in [0.25, 0.3) is 0 Å². The summed E-state index contributed by atoms with van der Waals surface area (Å²) in [6.07, 6.45) is 8.58. The number of aromatic nitrogens is 3. The first kappa shape index (κ1) is 10.6. The van der Waals surface area contributed by atoms with Crippen LogP contribution in [0.5, 0.6) is 0 Å². The molecule has 0 saturated heterocycles. The summed E-state index contributed by atoms with van der Waals surface area (Å²) < 4.78 is 2.20. The third-order valence-electron chi connectivity index (χ3n) is 3.87. The van der Waals surface area contributed by atoms with Gasteiger partial charge in [-0.05, 0) is 37.7 Å². The van der Waals surface area contributed by atoms with Crippen molar-refractivity contribution in [3.05, 3.63) is 18.5 Å². The number of nitrogens with two attached hydrogens (primary N) is 1. The highest BCUT2D eigenvalue weighted by Crippen LogP contribution is 2.35. The van der Waals surface area contributed by atoms with E-state index in [9.17, 15) is 0 Å². The minimum atomic E-state index is 0.513. The van der Waals surface area contributed by atoms with E-state index in [2.05, 4.69) is 21.5 Å². The molecule has 1 saturated carbocycles.